The van der Waals surface area contributed by atoms with Crippen molar-refractivity contribution < 1.29 is 23.9 Å². The van der Waals surface area contributed by atoms with Crippen molar-refractivity contribution in [3.05, 3.63) is 83.4 Å². The summed E-state index contributed by atoms with van der Waals surface area (Å²) in [6, 6.07) is 17.6. The molecule has 2 aromatic rings. The van der Waals surface area contributed by atoms with Crippen LogP contribution in [0.5, 0.6) is 0 Å². The van der Waals surface area contributed by atoms with Gasteiger partial charge < -0.3 is 14.8 Å². The summed E-state index contributed by atoms with van der Waals surface area (Å²) in [7, 11) is 0. The van der Waals surface area contributed by atoms with Gasteiger partial charge in [-0.15, -0.1) is 5.10 Å². The predicted molar refractivity (Wildman–Crippen MR) is 160 cm³/mol. The van der Waals surface area contributed by atoms with Gasteiger partial charge in [0.25, 0.3) is 5.91 Å². The van der Waals surface area contributed by atoms with Crippen molar-refractivity contribution in [3.8, 4) is 0 Å². The zero-order valence-corrected chi connectivity index (χ0v) is 24.4. The van der Waals surface area contributed by atoms with Crippen molar-refractivity contribution in [2.75, 3.05) is 19.8 Å². The third kappa shape index (κ3) is 6.92. The van der Waals surface area contributed by atoms with Crippen molar-refractivity contribution in [1.82, 2.24) is 10.3 Å². The van der Waals surface area contributed by atoms with Gasteiger partial charge >= 0.3 is 5.97 Å². The van der Waals surface area contributed by atoms with Gasteiger partial charge in [0.1, 0.15) is 0 Å². The van der Waals surface area contributed by atoms with Crippen molar-refractivity contribution in [3.63, 3.8) is 0 Å². The highest BCUT2D eigenvalue weighted by Gasteiger charge is 2.43. The van der Waals surface area contributed by atoms with Gasteiger partial charge in [-0.05, 0) is 68.2 Å². The summed E-state index contributed by atoms with van der Waals surface area (Å²) in [5.41, 5.74) is 2.28. The minimum atomic E-state index is -0.478. The fourth-order valence-corrected chi connectivity index (χ4v) is 6.14. The molecular formula is C34H41N3O5. The highest BCUT2D eigenvalue weighted by atomic mass is 16.5. The van der Waals surface area contributed by atoms with Crippen molar-refractivity contribution in [1.29, 1.82) is 0 Å². The fourth-order valence-electron chi connectivity index (χ4n) is 6.14. The van der Waals surface area contributed by atoms with E-state index < -0.39 is 5.41 Å². The number of carbonyl (C=O) groups excluding carboxylic acids is 3. The molecule has 1 atom stereocenters. The van der Waals surface area contributed by atoms with Gasteiger partial charge in [0.05, 0.1) is 24.5 Å². The molecule has 1 unspecified atom stereocenters. The van der Waals surface area contributed by atoms with E-state index in [-0.39, 0.29) is 30.3 Å². The molecule has 0 saturated heterocycles. The Hall–Kier alpha value is -3.94. The minimum absolute atomic E-state index is 0.0469. The first kappa shape index (κ1) is 29.5. The van der Waals surface area contributed by atoms with Gasteiger partial charge in [-0.3, -0.25) is 14.4 Å². The number of nitrogens with zero attached hydrogens (tertiary/aromatic N) is 2. The molecule has 2 aromatic carbocycles. The molecule has 5 rings (SSSR count). The summed E-state index contributed by atoms with van der Waals surface area (Å²) in [5.74, 6) is 0.253. The van der Waals surface area contributed by atoms with E-state index in [1.165, 1.54) is 5.01 Å². The Morgan fingerprint density at radius 3 is 2.50 bits per heavy atom. The summed E-state index contributed by atoms with van der Waals surface area (Å²) < 4.78 is 10.8. The summed E-state index contributed by atoms with van der Waals surface area (Å²) in [6.07, 6.45) is 11.7. The number of hydrogen-bond acceptors (Lipinski definition) is 6. The second kappa shape index (κ2) is 13.8. The lowest BCUT2D eigenvalue weighted by Crippen LogP contribution is -2.37. The fraction of sp³-hybridized carbons (Fsp3) is 0.471. The average molecular weight is 572 g/mol. The first-order chi connectivity index (χ1) is 20.5. The maximum Gasteiger partial charge on any atom is 0.315 e. The summed E-state index contributed by atoms with van der Waals surface area (Å²) in [4.78, 5) is 38.3. The molecule has 2 saturated carbocycles. The van der Waals surface area contributed by atoms with E-state index in [1.807, 2.05) is 73.7 Å². The maximum atomic E-state index is 13.5. The molecule has 1 N–H and O–H groups in total. The predicted octanol–water partition coefficient (Wildman–Crippen LogP) is 5.48. The Kier molecular flexibility index (Phi) is 9.72. The maximum absolute atomic E-state index is 13.5. The van der Waals surface area contributed by atoms with Crippen LogP contribution in [0.3, 0.4) is 0 Å². The molecule has 0 radical (unpaired) electrons. The van der Waals surface area contributed by atoms with Crippen LogP contribution in [-0.2, 0) is 30.4 Å². The van der Waals surface area contributed by atoms with Crippen LogP contribution in [0.25, 0.3) is 0 Å². The first-order valence-corrected chi connectivity index (χ1v) is 15.3. The first-order valence-electron chi connectivity index (χ1n) is 15.3. The number of amides is 2. The van der Waals surface area contributed by atoms with Crippen molar-refractivity contribution in [2.24, 2.45) is 16.4 Å². The smallest absolute Gasteiger partial charge is 0.315 e. The van der Waals surface area contributed by atoms with Gasteiger partial charge in [0.2, 0.25) is 11.8 Å². The topological polar surface area (TPSA) is 97.3 Å². The normalized spacial score (nSPS) is 19.1. The van der Waals surface area contributed by atoms with E-state index in [9.17, 15) is 14.4 Å². The van der Waals surface area contributed by atoms with Crippen LogP contribution in [0.2, 0.25) is 0 Å². The van der Waals surface area contributed by atoms with Crippen LogP contribution in [0.15, 0.2) is 71.9 Å². The standard InChI is InChI=1S/C34H41N3O5/c1-2-41-33(40)34(20-10-21-34)19-8-9-22-35-31(39)30(26-11-6-7-12-26)27-17-15-25(16-18-27)23-37-29(38)24-42-32(36-37)28-13-4-3-5-14-28/h3-5,8,13-19,26,30H,2,6-7,9-12,20-24H2,1H3,(H,35,39)/b19-8+. The van der Waals surface area contributed by atoms with E-state index in [0.29, 0.717) is 37.9 Å². The Balaban J connectivity index is 1.20. The number of ether oxygens (including phenoxy) is 2. The lowest BCUT2D eigenvalue weighted by Gasteiger charge is -2.36. The summed E-state index contributed by atoms with van der Waals surface area (Å²) in [6.45, 7) is 3.03. The van der Waals surface area contributed by atoms with Gasteiger partial charge in [-0.1, -0.05) is 73.9 Å². The zero-order valence-electron chi connectivity index (χ0n) is 24.4. The second-order valence-electron chi connectivity index (χ2n) is 11.5. The van der Waals surface area contributed by atoms with Gasteiger partial charge in [0, 0.05) is 12.1 Å². The third-order valence-electron chi connectivity index (χ3n) is 8.65. The van der Waals surface area contributed by atoms with Gasteiger partial charge in [-0.2, -0.15) is 0 Å². The highest BCUT2D eigenvalue weighted by Crippen LogP contribution is 2.43. The monoisotopic (exact) mass is 571 g/mol. The van der Waals surface area contributed by atoms with Crippen LogP contribution in [0, 0.1) is 11.3 Å². The number of carbonyl (C=O) groups is 3. The van der Waals surface area contributed by atoms with Crippen molar-refractivity contribution >= 4 is 23.7 Å². The van der Waals surface area contributed by atoms with Crippen LogP contribution < -0.4 is 5.32 Å². The molecule has 42 heavy (non-hydrogen) atoms. The third-order valence-corrected chi connectivity index (χ3v) is 8.65. The van der Waals surface area contributed by atoms with Gasteiger partial charge in [-0.25, -0.2) is 5.01 Å². The Morgan fingerprint density at radius 1 is 1.10 bits per heavy atom. The van der Waals surface area contributed by atoms with E-state index in [0.717, 1.165) is 61.6 Å². The van der Waals surface area contributed by atoms with Crippen LogP contribution in [-0.4, -0.2) is 48.4 Å². The Bertz CT molecular complexity index is 1290. The lowest BCUT2D eigenvalue weighted by atomic mass is 9.68. The summed E-state index contributed by atoms with van der Waals surface area (Å²) in [5, 5.41) is 9.05. The lowest BCUT2D eigenvalue weighted by molar-refractivity contribution is -0.156. The number of benzene rings is 2. The molecule has 2 amide bonds. The highest BCUT2D eigenvalue weighted by molar-refractivity contribution is 5.97. The number of hydrogen-bond donors (Lipinski definition) is 1. The SMILES string of the molecule is CCOC(=O)C1(/C=C/CCNC(=O)C(c2ccc(CN3N=C(c4ccccc4)OCC3=O)cc2)C2CCCC2)CCC1. The molecule has 3 aliphatic rings. The van der Waals surface area contributed by atoms with Crippen LogP contribution in [0.1, 0.15) is 80.9 Å². The number of hydrazone groups is 1. The molecule has 2 aliphatic carbocycles. The molecule has 0 aromatic heterocycles. The Labute approximate surface area is 248 Å². The van der Waals surface area contributed by atoms with Crippen LogP contribution >= 0.6 is 0 Å². The van der Waals surface area contributed by atoms with Gasteiger partial charge in [0.15, 0.2) is 6.61 Å². The zero-order chi connectivity index (χ0) is 29.4. The van der Waals surface area contributed by atoms with Crippen molar-refractivity contribution in [2.45, 2.75) is 70.8 Å². The molecule has 222 valence electrons. The summed E-state index contributed by atoms with van der Waals surface area (Å²) >= 11 is 0. The molecule has 8 nitrogen and oxygen atoms in total. The molecular weight excluding hydrogens is 530 g/mol. The Morgan fingerprint density at radius 2 is 1.83 bits per heavy atom. The number of esters is 1. The van der Waals surface area contributed by atoms with E-state index >= 15 is 0 Å². The molecule has 0 spiro atoms. The molecule has 2 fully saturated rings. The molecule has 1 heterocycles. The minimum Gasteiger partial charge on any atom is -0.466 e. The molecule has 1 aliphatic heterocycles. The second-order valence-corrected chi connectivity index (χ2v) is 11.5. The van der Waals surface area contributed by atoms with E-state index in [4.69, 9.17) is 9.47 Å². The quantitative estimate of drug-likeness (QED) is 0.207. The molecule has 0 bridgehead atoms. The average Bonchev–Trinajstić information content (AvgIpc) is 3.51. The van der Waals surface area contributed by atoms with Crippen LogP contribution in [0.4, 0.5) is 0 Å². The molecule has 8 heteroatoms. The number of nitrogens with one attached hydrogen (secondary N) is 1. The van der Waals surface area contributed by atoms with E-state index in [2.05, 4.69) is 10.4 Å². The number of rotatable bonds is 12. The van der Waals surface area contributed by atoms with E-state index in [1.54, 1.807) is 0 Å². The largest absolute Gasteiger partial charge is 0.466 e.